The van der Waals surface area contributed by atoms with Gasteiger partial charge in [0.25, 0.3) is 5.91 Å². The molecule has 0 spiro atoms. The van der Waals surface area contributed by atoms with Crippen LogP contribution in [0, 0.1) is 0 Å². The van der Waals surface area contributed by atoms with Crippen LogP contribution in [0.2, 0.25) is 0 Å². The van der Waals surface area contributed by atoms with Crippen molar-refractivity contribution >= 4 is 5.91 Å². The molecule has 0 aliphatic carbocycles. The molecule has 138 valence electrons. The summed E-state index contributed by atoms with van der Waals surface area (Å²) in [5.74, 6) is 1.77. The van der Waals surface area contributed by atoms with Gasteiger partial charge < -0.3 is 14.4 Å². The Kier molecular flexibility index (Phi) is 6.12. The van der Waals surface area contributed by atoms with Crippen molar-refractivity contribution in [2.75, 3.05) is 39.9 Å². The van der Waals surface area contributed by atoms with E-state index in [1.807, 2.05) is 48.2 Å². The van der Waals surface area contributed by atoms with Crippen LogP contribution in [0.15, 0.2) is 48.5 Å². The number of hydrogen-bond acceptors (Lipinski definition) is 4. The van der Waals surface area contributed by atoms with Crippen molar-refractivity contribution in [2.24, 2.45) is 0 Å². The van der Waals surface area contributed by atoms with Gasteiger partial charge in [0.15, 0.2) is 0 Å². The number of carbonyl (C=O) groups excluding carboxylic acids is 1. The van der Waals surface area contributed by atoms with Gasteiger partial charge in [0.1, 0.15) is 11.5 Å². The van der Waals surface area contributed by atoms with E-state index >= 15 is 0 Å². The summed E-state index contributed by atoms with van der Waals surface area (Å²) >= 11 is 0. The monoisotopic (exact) mass is 354 g/mol. The fourth-order valence-electron chi connectivity index (χ4n) is 3.18. The van der Waals surface area contributed by atoms with Crippen LogP contribution in [0.5, 0.6) is 11.5 Å². The Morgan fingerprint density at radius 3 is 2.38 bits per heavy atom. The topological polar surface area (TPSA) is 42.0 Å². The summed E-state index contributed by atoms with van der Waals surface area (Å²) in [6.07, 6.45) is 0. The van der Waals surface area contributed by atoms with Crippen LogP contribution in [0.4, 0.5) is 0 Å². The molecular formula is C21H26N2O3. The Morgan fingerprint density at radius 2 is 1.73 bits per heavy atom. The number of rotatable bonds is 6. The first-order chi connectivity index (χ1) is 12.7. The average molecular weight is 354 g/mol. The molecule has 1 aliphatic heterocycles. The molecule has 0 saturated carbocycles. The first kappa shape index (κ1) is 18.3. The zero-order valence-electron chi connectivity index (χ0n) is 15.5. The molecule has 2 aromatic carbocycles. The van der Waals surface area contributed by atoms with E-state index in [9.17, 15) is 4.79 Å². The first-order valence-corrected chi connectivity index (χ1v) is 9.07. The number of carbonyl (C=O) groups is 1. The lowest BCUT2D eigenvalue weighted by Crippen LogP contribution is -2.48. The van der Waals surface area contributed by atoms with Crippen molar-refractivity contribution < 1.29 is 14.3 Å². The largest absolute Gasteiger partial charge is 0.497 e. The Morgan fingerprint density at radius 1 is 1.00 bits per heavy atom. The second-order valence-corrected chi connectivity index (χ2v) is 6.38. The number of methoxy groups -OCH3 is 1. The first-order valence-electron chi connectivity index (χ1n) is 9.07. The molecule has 5 nitrogen and oxygen atoms in total. The SMILES string of the molecule is CCOc1ccc(C(=O)N2CCN(Cc3cccc(OC)c3)CC2)cc1. The fraction of sp³-hybridized carbons (Fsp3) is 0.381. The highest BCUT2D eigenvalue weighted by atomic mass is 16.5. The Hall–Kier alpha value is -2.53. The van der Waals surface area contributed by atoms with Gasteiger partial charge in [-0.2, -0.15) is 0 Å². The lowest BCUT2D eigenvalue weighted by atomic mass is 10.1. The lowest BCUT2D eigenvalue weighted by Gasteiger charge is -2.34. The summed E-state index contributed by atoms with van der Waals surface area (Å²) in [6.45, 7) is 6.70. The highest BCUT2D eigenvalue weighted by Gasteiger charge is 2.22. The maximum Gasteiger partial charge on any atom is 0.253 e. The van der Waals surface area contributed by atoms with Crippen molar-refractivity contribution in [3.63, 3.8) is 0 Å². The molecule has 26 heavy (non-hydrogen) atoms. The predicted molar refractivity (Wildman–Crippen MR) is 102 cm³/mol. The van der Waals surface area contributed by atoms with Crippen LogP contribution >= 0.6 is 0 Å². The Balaban J connectivity index is 1.53. The van der Waals surface area contributed by atoms with Gasteiger partial charge in [-0.1, -0.05) is 12.1 Å². The summed E-state index contributed by atoms with van der Waals surface area (Å²) in [6, 6.07) is 15.5. The normalized spacial score (nSPS) is 14.9. The van der Waals surface area contributed by atoms with Gasteiger partial charge in [-0.05, 0) is 48.9 Å². The molecule has 0 radical (unpaired) electrons. The van der Waals surface area contributed by atoms with E-state index in [4.69, 9.17) is 9.47 Å². The van der Waals surface area contributed by atoms with Gasteiger partial charge in [0, 0.05) is 38.3 Å². The fourth-order valence-corrected chi connectivity index (χ4v) is 3.18. The average Bonchev–Trinajstić information content (AvgIpc) is 2.69. The molecule has 1 amide bonds. The minimum atomic E-state index is 0.0917. The van der Waals surface area contributed by atoms with Crippen LogP contribution < -0.4 is 9.47 Å². The van der Waals surface area contributed by atoms with Crippen molar-refractivity contribution in [1.82, 2.24) is 9.80 Å². The number of ether oxygens (including phenoxy) is 2. The van der Waals surface area contributed by atoms with Crippen molar-refractivity contribution in [1.29, 1.82) is 0 Å². The van der Waals surface area contributed by atoms with Gasteiger partial charge in [-0.25, -0.2) is 0 Å². The summed E-state index contributed by atoms with van der Waals surface area (Å²) in [7, 11) is 1.68. The molecule has 0 aromatic heterocycles. The van der Waals surface area contributed by atoms with E-state index < -0.39 is 0 Å². The van der Waals surface area contributed by atoms with E-state index in [0.29, 0.717) is 6.61 Å². The standard InChI is InChI=1S/C21H26N2O3/c1-3-26-19-9-7-18(8-10-19)21(24)23-13-11-22(12-14-23)16-17-5-4-6-20(15-17)25-2/h4-10,15H,3,11-14,16H2,1-2H3. The van der Waals surface area contributed by atoms with Crippen LogP contribution in [-0.4, -0.2) is 55.6 Å². The van der Waals surface area contributed by atoms with Crippen molar-refractivity contribution in [3.05, 3.63) is 59.7 Å². The van der Waals surface area contributed by atoms with E-state index in [2.05, 4.69) is 17.0 Å². The van der Waals surface area contributed by atoms with E-state index in [0.717, 1.165) is 49.8 Å². The minimum Gasteiger partial charge on any atom is -0.497 e. The molecule has 0 atom stereocenters. The third kappa shape index (κ3) is 4.55. The van der Waals surface area contributed by atoms with E-state index in [1.54, 1.807) is 7.11 Å². The minimum absolute atomic E-state index is 0.0917. The highest BCUT2D eigenvalue weighted by molar-refractivity contribution is 5.94. The van der Waals surface area contributed by atoms with E-state index in [-0.39, 0.29) is 5.91 Å². The van der Waals surface area contributed by atoms with E-state index in [1.165, 1.54) is 5.56 Å². The van der Waals surface area contributed by atoms with Crippen LogP contribution in [0.1, 0.15) is 22.8 Å². The Labute approximate surface area is 155 Å². The second-order valence-electron chi connectivity index (χ2n) is 6.38. The number of amides is 1. The van der Waals surface area contributed by atoms with Gasteiger partial charge >= 0.3 is 0 Å². The number of hydrogen-bond donors (Lipinski definition) is 0. The summed E-state index contributed by atoms with van der Waals surface area (Å²) in [5.41, 5.74) is 1.95. The van der Waals surface area contributed by atoms with Gasteiger partial charge in [-0.15, -0.1) is 0 Å². The molecule has 3 rings (SSSR count). The maximum absolute atomic E-state index is 12.7. The molecule has 0 N–H and O–H groups in total. The Bertz CT molecular complexity index is 722. The molecular weight excluding hydrogens is 328 g/mol. The van der Waals surface area contributed by atoms with Crippen LogP contribution in [-0.2, 0) is 6.54 Å². The smallest absolute Gasteiger partial charge is 0.253 e. The molecule has 1 fully saturated rings. The molecule has 0 bridgehead atoms. The lowest BCUT2D eigenvalue weighted by molar-refractivity contribution is 0.0628. The zero-order valence-corrected chi connectivity index (χ0v) is 15.5. The van der Waals surface area contributed by atoms with Crippen molar-refractivity contribution in [2.45, 2.75) is 13.5 Å². The molecule has 2 aromatic rings. The summed E-state index contributed by atoms with van der Waals surface area (Å²) in [5, 5.41) is 0. The number of piperazine rings is 1. The highest BCUT2D eigenvalue weighted by Crippen LogP contribution is 2.17. The second kappa shape index (κ2) is 8.72. The predicted octanol–water partition coefficient (Wildman–Crippen LogP) is 3.05. The zero-order chi connectivity index (χ0) is 18.4. The quantitative estimate of drug-likeness (QED) is 0.800. The number of nitrogens with zero attached hydrogens (tertiary/aromatic N) is 2. The van der Waals surface area contributed by atoms with Gasteiger partial charge in [-0.3, -0.25) is 9.69 Å². The third-order valence-electron chi connectivity index (χ3n) is 4.61. The van der Waals surface area contributed by atoms with Gasteiger partial charge in [0.2, 0.25) is 0 Å². The molecule has 5 heteroatoms. The third-order valence-corrected chi connectivity index (χ3v) is 4.61. The van der Waals surface area contributed by atoms with Crippen LogP contribution in [0.25, 0.3) is 0 Å². The molecule has 1 aliphatic rings. The number of benzene rings is 2. The molecule has 0 unspecified atom stereocenters. The molecule has 1 saturated heterocycles. The summed E-state index contributed by atoms with van der Waals surface area (Å²) < 4.78 is 10.7. The van der Waals surface area contributed by atoms with Gasteiger partial charge in [0.05, 0.1) is 13.7 Å². The maximum atomic E-state index is 12.7. The summed E-state index contributed by atoms with van der Waals surface area (Å²) in [4.78, 5) is 17.0. The van der Waals surface area contributed by atoms with Crippen LogP contribution in [0.3, 0.4) is 0 Å². The molecule has 1 heterocycles. The van der Waals surface area contributed by atoms with Crippen molar-refractivity contribution in [3.8, 4) is 11.5 Å².